The summed E-state index contributed by atoms with van der Waals surface area (Å²) >= 11 is 0. The Kier molecular flexibility index (Phi) is 4.97. The molecule has 0 aliphatic heterocycles. The quantitative estimate of drug-likeness (QED) is 0.488. The van der Waals surface area contributed by atoms with Crippen LogP contribution in [-0.2, 0) is 10.8 Å². The summed E-state index contributed by atoms with van der Waals surface area (Å²) in [6.07, 6.45) is 12.9. The van der Waals surface area contributed by atoms with Gasteiger partial charge in [0.25, 0.3) is 0 Å². The summed E-state index contributed by atoms with van der Waals surface area (Å²) in [5.41, 5.74) is 6.07. The lowest BCUT2D eigenvalue weighted by atomic mass is 9.32. The van der Waals surface area contributed by atoms with Gasteiger partial charge >= 0.3 is 0 Å². The lowest BCUT2D eigenvalue weighted by Gasteiger charge is -2.71. The van der Waals surface area contributed by atoms with Crippen LogP contribution < -0.4 is 0 Å². The van der Waals surface area contributed by atoms with Crippen molar-refractivity contribution in [2.45, 2.75) is 103 Å². The van der Waals surface area contributed by atoms with Gasteiger partial charge in [0.15, 0.2) is 0 Å². The normalized spacial score (nSPS) is 35.4. The van der Waals surface area contributed by atoms with E-state index >= 15 is 0 Å². The molecule has 0 saturated heterocycles. The van der Waals surface area contributed by atoms with Gasteiger partial charge in [0.1, 0.15) is 11.5 Å². The summed E-state index contributed by atoms with van der Waals surface area (Å²) < 4.78 is 0. The molecule has 2 aromatic rings. The fourth-order valence-electron chi connectivity index (χ4n) is 9.24. The number of hydrogen-bond donors (Lipinski definition) is 2. The van der Waals surface area contributed by atoms with E-state index in [0.717, 1.165) is 11.1 Å². The van der Waals surface area contributed by atoms with Crippen LogP contribution in [0.15, 0.2) is 36.4 Å². The molecule has 2 aromatic carbocycles. The molecular formula is C30H40O2. The Bertz CT molecular complexity index is 940. The van der Waals surface area contributed by atoms with Crippen molar-refractivity contribution < 1.29 is 10.2 Å². The Morgan fingerprint density at radius 2 is 1.03 bits per heavy atom. The predicted molar refractivity (Wildman–Crippen MR) is 131 cm³/mol. The SMILES string of the molecule is CCCC12CC3(CCC)CC(c4ccc(O)c(C)c4)(C1)CC(c1ccc(O)c(C)c1)(C2)C3. The van der Waals surface area contributed by atoms with Crippen LogP contribution in [0.1, 0.15) is 100 Å². The first-order valence-corrected chi connectivity index (χ1v) is 12.8. The van der Waals surface area contributed by atoms with E-state index in [1.165, 1.54) is 75.3 Å². The van der Waals surface area contributed by atoms with Gasteiger partial charge in [-0.2, -0.15) is 0 Å². The highest BCUT2D eigenvalue weighted by Crippen LogP contribution is 2.76. The standard InChI is InChI=1S/C30H40O2/c1-5-11-27-15-28(12-6-2)18-29(16-27,23-7-9-25(31)21(3)13-23)20-30(17-27,19-28)24-8-10-26(32)22(4)14-24/h7-10,13-14,31-32H,5-6,11-12,15-20H2,1-4H3. The van der Waals surface area contributed by atoms with E-state index in [9.17, 15) is 10.2 Å². The van der Waals surface area contributed by atoms with Gasteiger partial charge in [0.05, 0.1) is 0 Å². The first-order chi connectivity index (χ1) is 15.2. The molecule has 0 spiro atoms. The predicted octanol–water partition coefficient (Wildman–Crippen LogP) is 7.84. The van der Waals surface area contributed by atoms with Crippen LogP contribution in [0, 0.1) is 24.7 Å². The van der Waals surface area contributed by atoms with E-state index in [1.807, 2.05) is 26.0 Å². The highest BCUT2D eigenvalue weighted by Gasteiger charge is 2.67. The summed E-state index contributed by atoms with van der Waals surface area (Å²) in [5.74, 6) is 0.822. The molecule has 32 heavy (non-hydrogen) atoms. The van der Waals surface area contributed by atoms with E-state index in [4.69, 9.17) is 0 Å². The lowest BCUT2D eigenvalue weighted by molar-refractivity contribution is -0.148. The molecule has 4 saturated carbocycles. The van der Waals surface area contributed by atoms with E-state index in [-0.39, 0.29) is 10.8 Å². The minimum absolute atomic E-state index is 0.184. The average Bonchev–Trinajstić information content (AvgIpc) is 2.71. The molecule has 0 atom stereocenters. The van der Waals surface area contributed by atoms with Crippen molar-refractivity contribution in [2.24, 2.45) is 10.8 Å². The molecule has 4 bridgehead atoms. The summed E-state index contributed by atoms with van der Waals surface area (Å²) in [5, 5.41) is 20.5. The van der Waals surface area contributed by atoms with Crippen molar-refractivity contribution in [3.8, 4) is 11.5 Å². The van der Waals surface area contributed by atoms with Crippen LogP contribution in [0.3, 0.4) is 0 Å². The van der Waals surface area contributed by atoms with E-state index in [0.29, 0.717) is 22.3 Å². The number of aromatic hydroxyl groups is 2. The third kappa shape index (κ3) is 3.20. The molecule has 2 heteroatoms. The number of phenols is 2. The maximum atomic E-state index is 10.3. The third-order valence-corrected chi connectivity index (χ3v) is 9.46. The van der Waals surface area contributed by atoms with Crippen molar-refractivity contribution in [1.29, 1.82) is 0 Å². The molecule has 0 amide bonds. The minimum Gasteiger partial charge on any atom is -0.508 e. The van der Waals surface area contributed by atoms with Gasteiger partial charge < -0.3 is 10.2 Å². The maximum absolute atomic E-state index is 10.3. The number of aryl methyl sites for hydroxylation is 2. The minimum atomic E-state index is 0.184. The molecule has 4 aliphatic carbocycles. The molecule has 2 N–H and O–H groups in total. The lowest BCUT2D eigenvalue weighted by Crippen LogP contribution is -2.64. The fourth-order valence-corrected chi connectivity index (χ4v) is 9.24. The van der Waals surface area contributed by atoms with Gasteiger partial charge in [0, 0.05) is 0 Å². The van der Waals surface area contributed by atoms with Crippen molar-refractivity contribution >= 4 is 0 Å². The first kappa shape index (κ1) is 21.9. The summed E-state index contributed by atoms with van der Waals surface area (Å²) in [7, 11) is 0. The molecular weight excluding hydrogens is 392 g/mol. The van der Waals surface area contributed by atoms with Gasteiger partial charge in [-0.3, -0.25) is 0 Å². The monoisotopic (exact) mass is 432 g/mol. The van der Waals surface area contributed by atoms with Crippen molar-refractivity contribution in [3.05, 3.63) is 58.7 Å². The highest BCUT2D eigenvalue weighted by molar-refractivity contribution is 5.46. The molecule has 0 aromatic heterocycles. The number of phenolic OH excluding ortho intramolecular Hbond substituents is 2. The maximum Gasteiger partial charge on any atom is 0.118 e. The highest BCUT2D eigenvalue weighted by atomic mass is 16.3. The van der Waals surface area contributed by atoms with Crippen molar-refractivity contribution in [1.82, 2.24) is 0 Å². The molecule has 0 unspecified atom stereocenters. The van der Waals surface area contributed by atoms with Gasteiger partial charge in [-0.25, -0.2) is 0 Å². The number of rotatable bonds is 6. The zero-order chi connectivity index (χ0) is 22.8. The average molecular weight is 433 g/mol. The van der Waals surface area contributed by atoms with E-state index in [1.54, 1.807) is 0 Å². The summed E-state index contributed by atoms with van der Waals surface area (Å²) in [6.45, 7) is 8.81. The van der Waals surface area contributed by atoms with Gasteiger partial charge in [0.2, 0.25) is 0 Å². The Morgan fingerprint density at radius 3 is 1.38 bits per heavy atom. The van der Waals surface area contributed by atoms with E-state index in [2.05, 4.69) is 38.1 Å². The van der Waals surface area contributed by atoms with Crippen LogP contribution >= 0.6 is 0 Å². The second-order valence-electron chi connectivity index (χ2n) is 12.1. The topological polar surface area (TPSA) is 40.5 Å². The Balaban J connectivity index is 1.72. The van der Waals surface area contributed by atoms with Crippen LogP contribution in [0.25, 0.3) is 0 Å². The molecule has 4 fully saturated rings. The smallest absolute Gasteiger partial charge is 0.118 e. The van der Waals surface area contributed by atoms with Crippen LogP contribution in [0.4, 0.5) is 0 Å². The largest absolute Gasteiger partial charge is 0.508 e. The first-order valence-electron chi connectivity index (χ1n) is 12.8. The second kappa shape index (κ2) is 7.27. The zero-order valence-corrected chi connectivity index (χ0v) is 20.4. The van der Waals surface area contributed by atoms with Gasteiger partial charge in [-0.1, -0.05) is 51.0 Å². The van der Waals surface area contributed by atoms with Gasteiger partial charge in [-0.05, 0) is 121 Å². The molecule has 0 radical (unpaired) electrons. The van der Waals surface area contributed by atoms with Crippen molar-refractivity contribution in [3.63, 3.8) is 0 Å². The third-order valence-electron chi connectivity index (χ3n) is 9.46. The van der Waals surface area contributed by atoms with Crippen LogP contribution in [0.5, 0.6) is 11.5 Å². The van der Waals surface area contributed by atoms with Crippen molar-refractivity contribution in [2.75, 3.05) is 0 Å². The Hall–Kier alpha value is -1.96. The number of hydrogen-bond acceptors (Lipinski definition) is 2. The van der Waals surface area contributed by atoms with Crippen LogP contribution in [-0.4, -0.2) is 10.2 Å². The molecule has 172 valence electrons. The molecule has 6 rings (SSSR count). The molecule has 4 aliphatic rings. The molecule has 0 heterocycles. The second-order valence-corrected chi connectivity index (χ2v) is 12.1. The van der Waals surface area contributed by atoms with Gasteiger partial charge in [-0.15, -0.1) is 0 Å². The fraction of sp³-hybridized carbons (Fsp3) is 0.600. The Morgan fingerprint density at radius 1 is 0.625 bits per heavy atom. The van der Waals surface area contributed by atoms with E-state index < -0.39 is 0 Å². The zero-order valence-electron chi connectivity index (χ0n) is 20.4. The number of benzene rings is 2. The summed E-state index contributed by atoms with van der Waals surface area (Å²) in [6, 6.07) is 12.9. The Labute approximate surface area is 194 Å². The van der Waals surface area contributed by atoms with Crippen LogP contribution in [0.2, 0.25) is 0 Å². The summed E-state index contributed by atoms with van der Waals surface area (Å²) in [4.78, 5) is 0. The molecule has 2 nitrogen and oxygen atoms in total.